The Morgan fingerprint density at radius 3 is 2.77 bits per heavy atom. The molecule has 2 N–H and O–H groups in total. The van der Waals surface area contributed by atoms with Crippen molar-refractivity contribution in [2.45, 2.75) is 46.1 Å². The van der Waals surface area contributed by atoms with Crippen LogP contribution < -0.4 is 5.73 Å². The first-order valence-electron chi connectivity index (χ1n) is 9.28. The van der Waals surface area contributed by atoms with Crippen LogP contribution in [0.1, 0.15) is 48.5 Å². The standard InChI is InChI=1S/C20H26N6/c1-13-12-23-14(2)19(24-13)25-15(3)26-9-6-20(7-10-26)11-17-16(18(20)21)5-4-8-22-17/h4-5,8,12,18H,6-7,9-11,21H2,1-3H3. The molecular weight excluding hydrogens is 324 g/mol. The second-order valence-electron chi connectivity index (χ2n) is 7.62. The van der Waals surface area contributed by atoms with E-state index in [0.717, 1.165) is 55.4 Å². The second-order valence-corrected chi connectivity index (χ2v) is 7.62. The summed E-state index contributed by atoms with van der Waals surface area (Å²) in [5.74, 6) is 1.72. The van der Waals surface area contributed by atoms with E-state index in [2.05, 4.69) is 32.8 Å². The Kier molecular flexibility index (Phi) is 4.23. The third-order valence-electron chi connectivity index (χ3n) is 5.98. The van der Waals surface area contributed by atoms with Crippen molar-refractivity contribution < 1.29 is 0 Å². The molecule has 3 heterocycles. The lowest BCUT2D eigenvalue weighted by molar-refractivity contribution is 0.127. The maximum absolute atomic E-state index is 6.63. The molecule has 1 aliphatic carbocycles. The molecule has 6 nitrogen and oxygen atoms in total. The van der Waals surface area contributed by atoms with Crippen molar-refractivity contribution in [3.05, 3.63) is 47.2 Å². The fourth-order valence-corrected chi connectivity index (χ4v) is 4.27. The van der Waals surface area contributed by atoms with Crippen LogP contribution in [-0.4, -0.2) is 38.8 Å². The minimum Gasteiger partial charge on any atom is -0.360 e. The van der Waals surface area contributed by atoms with Crippen molar-refractivity contribution in [2.24, 2.45) is 16.1 Å². The van der Waals surface area contributed by atoms with Crippen LogP contribution in [0.15, 0.2) is 29.5 Å². The van der Waals surface area contributed by atoms with Gasteiger partial charge in [-0.2, -0.15) is 0 Å². The third-order valence-corrected chi connectivity index (χ3v) is 5.98. The number of hydrogen-bond acceptors (Lipinski definition) is 5. The van der Waals surface area contributed by atoms with Crippen LogP contribution in [0.4, 0.5) is 5.82 Å². The molecule has 0 bridgehead atoms. The summed E-state index contributed by atoms with van der Waals surface area (Å²) in [6.07, 6.45) is 6.78. The van der Waals surface area contributed by atoms with Gasteiger partial charge in [-0.1, -0.05) is 6.07 Å². The summed E-state index contributed by atoms with van der Waals surface area (Å²) >= 11 is 0. The average molecular weight is 350 g/mol. The lowest BCUT2D eigenvalue weighted by Crippen LogP contribution is -2.45. The molecule has 0 amide bonds. The highest BCUT2D eigenvalue weighted by molar-refractivity contribution is 5.82. The first kappa shape index (κ1) is 17.1. The molecule has 1 fully saturated rings. The molecule has 2 aromatic rings. The van der Waals surface area contributed by atoms with E-state index in [-0.39, 0.29) is 11.5 Å². The minimum atomic E-state index is 0.0930. The predicted octanol–water partition coefficient (Wildman–Crippen LogP) is 2.88. The highest BCUT2D eigenvalue weighted by Gasteiger charge is 2.46. The Hall–Kier alpha value is -2.34. The van der Waals surface area contributed by atoms with Gasteiger partial charge in [-0.25, -0.2) is 9.98 Å². The van der Waals surface area contributed by atoms with Crippen molar-refractivity contribution in [2.75, 3.05) is 13.1 Å². The number of likely N-dealkylation sites (tertiary alicyclic amines) is 1. The van der Waals surface area contributed by atoms with Crippen molar-refractivity contribution in [3.63, 3.8) is 0 Å². The Labute approximate surface area is 154 Å². The predicted molar refractivity (Wildman–Crippen MR) is 102 cm³/mol. The molecule has 1 saturated heterocycles. The van der Waals surface area contributed by atoms with E-state index >= 15 is 0 Å². The van der Waals surface area contributed by atoms with Gasteiger partial charge in [-0.3, -0.25) is 9.97 Å². The van der Waals surface area contributed by atoms with E-state index in [1.54, 1.807) is 6.20 Å². The summed E-state index contributed by atoms with van der Waals surface area (Å²) in [6.45, 7) is 7.89. The molecule has 4 rings (SSSR count). The molecule has 2 aliphatic rings. The van der Waals surface area contributed by atoms with E-state index in [1.165, 1.54) is 11.3 Å². The number of amidine groups is 1. The SMILES string of the molecule is CC(=Nc1nc(C)cnc1C)N1CCC2(CC1)Cc1ncccc1C2N. The summed E-state index contributed by atoms with van der Waals surface area (Å²) in [7, 11) is 0. The Morgan fingerprint density at radius 1 is 1.27 bits per heavy atom. The maximum Gasteiger partial charge on any atom is 0.175 e. The number of aliphatic imine (C=N–C) groups is 1. The van der Waals surface area contributed by atoms with Crippen LogP contribution in [0, 0.1) is 19.3 Å². The smallest absolute Gasteiger partial charge is 0.175 e. The molecule has 0 saturated carbocycles. The van der Waals surface area contributed by atoms with Gasteiger partial charge in [0.2, 0.25) is 0 Å². The van der Waals surface area contributed by atoms with Crippen LogP contribution in [-0.2, 0) is 6.42 Å². The molecule has 2 aromatic heterocycles. The summed E-state index contributed by atoms with van der Waals surface area (Å²) in [6, 6.07) is 4.23. The molecule has 26 heavy (non-hydrogen) atoms. The number of piperidine rings is 1. The third kappa shape index (κ3) is 2.88. The average Bonchev–Trinajstić information content (AvgIpc) is 2.91. The van der Waals surface area contributed by atoms with Gasteiger partial charge in [0.1, 0.15) is 5.84 Å². The number of nitrogens with zero attached hydrogens (tertiary/aromatic N) is 5. The summed E-state index contributed by atoms with van der Waals surface area (Å²) in [5, 5.41) is 0. The number of aromatic nitrogens is 3. The van der Waals surface area contributed by atoms with Crippen molar-refractivity contribution >= 4 is 11.7 Å². The molecule has 6 heteroatoms. The van der Waals surface area contributed by atoms with E-state index in [0.29, 0.717) is 0 Å². The van der Waals surface area contributed by atoms with Gasteiger partial charge in [0.05, 0.1) is 11.4 Å². The van der Waals surface area contributed by atoms with Gasteiger partial charge in [0, 0.05) is 37.2 Å². The number of hydrogen-bond donors (Lipinski definition) is 1. The van der Waals surface area contributed by atoms with Crippen LogP contribution in [0.3, 0.4) is 0 Å². The van der Waals surface area contributed by atoms with E-state index in [4.69, 9.17) is 10.7 Å². The maximum atomic E-state index is 6.63. The lowest BCUT2D eigenvalue weighted by Gasteiger charge is -2.42. The van der Waals surface area contributed by atoms with Gasteiger partial charge in [0.15, 0.2) is 5.82 Å². The number of aryl methyl sites for hydroxylation is 2. The van der Waals surface area contributed by atoms with Gasteiger partial charge in [-0.15, -0.1) is 0 Å². The van der Waals surface area contributed by atoms with Crippen LogP contribution >= 0.6 is 0 Å². The Balaban J connectivity index is 1.49. The quantitative estimate of drug-likeness (QED) is 0.632. The van der Waals surface area contributed by atoms with E-state index in [1.807, 2.05) is 26.1 Å². The van der Waals surface area contributed by atoms with E-state index < -0.39 is 0 Å². The second kappa shape index (κ2) is 6.43. The zero-order chi connectivity index (χ0) is 18.3. The Morgan fingerprint density at radius 2 is 2.04 bits per heavy atom. The highest BCUT2D eigenvalue weighted by Crippen LogP contribution is 2.50. The lowest BCUT2D eigenvalue weighted by atomic mass is 9.73. The normalized spacial score (nSPS) is 21.9. The number of fused-ring (bicyclic) bond motifs is 1. The van der Waals surface area contributed by atoms with Gasteiger partial charge >= 0.3 is 0 Å². The number of nitrogens with two attached hydrogens (primary N) is 1. The number of pyridine rings is 1. The zero-order valence-corrected chi connectivity index (χ0v) is 15.7. The summed E-state index contributed by atoms with van der Waals surface area (Å²) in [5.41, 5.74) is 10.9. The molecule has 136 valence electrons. The van der Waals surface area contributed by atoms with Crippen LogP contribution in [0.25, 0.3) is 0 Å². The van der Waals surface area contributed by atoms with Gasteiger partial charge in [0.25, 0.3) is 0 Å². The van der Waals surface area contributed by atoms with Crippen molar-refractivity contribution in [3.8, 4) is 0 Å². The van der Waals surface area contributed by atoms with Gasteiger partial charge < -0.3 is 10.6 Å². The molecule has 1 atom stereocenters. The summed E-state index contributed by atoms with van der Waals surface area (Å²) < 4.78 is 0. The first-order valence-corrected chi connectivity index (χ1v) is 9.28. The van der Waals surface area contributed by atoms with Crippen LogP contribution in [0.2, 0.25) is 0 Å². The number of rotatable bonds is 1. The van der Waals surface area contributed by atoms with Crippen molar-refractivity contribution in [1.82, 2.24) is 19.9 Å². The Bertz CT molecular complexity index is 851. The van der Waals surface area contributed by atoms with Crippen molar-refractivity contribution in [1.29, 1.82) is 0 Å². The highest BCUT2D eigenvalue weighted by atomic mass is 15.2. The molecular formula is C20H26N6. The first-order chi connectivity index (χ1) is 12.5. The molecule has 1 aliphatic heterocycles. The largest absolute Gasteiger partial charge is 0.360 e. The topological polar surface area (TPSA) is 80.3 Å². The van der Waals surface area contributed by atoms with Gasteiger partial charge in [-0.05, 0) is 57.1 Å². The molecule has 0 aromatic carbocycles. The fraction of sp³-hybridized carbons (Fsp3) is 0.500. The monoisotopic (exact) mass is 350 g/mol. The molecule has 1 spiro atoms. The summed E-state index contributed by atoms with van der Waals surface area (Å²) in [4.78, 5) is 20.5. The minimum absolute atomic E-state index is 0.0930. The zero-order valence-electron chi connectivity index (χ0n) is 15.7. The van der Waals surface area contributed by atoms with E-state index in [9.17, 15) is 0 Å². The molecule has 0 radical (unpaired) electrons. The molecule has 1 unspecified atom stereocenters. The fourth-order valence-electron chi connectivity index (χ4n) is 4.27. The van der Waals surface area contributed by atoms with Crippen LogP contribution in [0.5, 0.6) is 0 Å².